The van der Waals surface area contributed by atoms with Crippen LogP contribution in [-0.2, 0) is 0 Å². The van der Waals surface area contributed by atoms with Gasteiger partial charge >= 0.3 is 0 Å². The van der Waals surface area contributed by atoms with Crippen LogP contribution in [0.15, 0.2) is 55.0 Å². The van der Waals surface area contributed by atoms with Gasteiger partial charge in [-0.25, -0.2) is 0 Å². The summed E-state index contributed by atoms with van der Waals surface area (Å²) in [4.78, 5) is 14.9. The summed E-state index contributed by atoms with van der Waals surface area (Å²) >= 11 is 0. The molecule has 0 fully saturated rings. The minimum atomic E-state index is 0.566. The van der Waals surface area contributed by atoms with Crippen LogP contribution in [0.1, 0.15) is 10.4 Å². The Hall–Kier alpha value is -2.75. The summed E-state index contributed by atoms with van der Waals surface area (Å²) in [7, 11) is 0. The molecule has 4 heteroatoms. The molecule has 0 atom stereocenters. The summed E-state index contributed by atoms with van der Waals surface area (Å²) < 4.78 is 0. The third-order valence-electron chi connectivity index (χ3n) is 2.98. The van der Waals surface area contributed by atoms with Gasteiger partial charge in [0.25, 0.3) is 0 Å². The van der Waals surface area contributed by atoms with E-state index in [0.29, 0.717) is 5.56 Å². The first-order valence-corrected chi connectivity index (χ1v) is 5.88. The molecule has 0 saturated carbocycles. The normalized spacial score (nSPS) is 10.3. The van der Waals surface area contributed by atoms with Gasteiger partial charge in [-0.3, -0.25) is 14.9 Å². The molecule has 92 valence electrons. The van der Waals surface area contributed by atoms with Gasteiger partial charge in [-0.2, -0.15) is 5.10 Å². The van der Waals surface area contributed by atoms with Crippen molar-refractivity contribution in [2.45, 2.75) is 0 Å². The molecule has 0 unspecified atom stereocenters. The van der Waals surface area contributed by atoms with Gasteiger partial charge in [-0.05, 0) is 23.3 Å². The van der Waals surface area contributed by atoms with Gasteiger partial charge in [0.05, 0.1) is 17.5 Å². The number of aldehydes is 1. The molecule has 3 aromatic rings. The van der Waals surface area contributed by atoms with Crippen molar-refractivity contribution >= 4 is 6.29 Å². The van der Waals surface area contributed by atoms with Crippen molar-refractivity contribution in [3.8, 4) is 22.4 Å². The number of hydrogen-bond donors (Lipinski definition) is 1. The van der Waals surface area contributed by atoms with Gasteiger partial charge in [0.15, 0.2) is 6.29 Å². The van der Waals surface area contributed by atoms with Crippen LogP contribution in [0.5, 0.6) is 0 Å². The average Bonchev–Trinajstić information content (AvgIpc) is 2.97. The zero-order valence-electron chi connectivity index (χ0n) is 10.1. The predicted molar refractivity (Wildman–Crippen MR) is 72.6 cm³/mol. The summed E-state index contributed by atoms with van der Waals surface area (Å²) in [5, 5.41) is 6.73. The number of aromatic amines is 1. The lowest BCUT2D eigenvalue weighted by Gasteiger charge is -2.03. The quantitative estimate of drug-likeness (QED) is 0.726. The van der Waals surface area contributed by atoms with Crippen molar-refractivity contribution in [1.82, 2.24) is 15.2 Å². The van der Waals surface area contributed by atoms with Crippen molar-refractivity contribution in [2.24, 2.45) is 0 Å². The fourth-order valence-corrected chi connectivity index (χ4v) is 1.99. The zero-order chi connectivity index (χ0) is 13.1. The summed E-state index contributed by atoms with van der Waals surface area (Å²) in [6, 6.07) is 11.9. The molecule has 0 spiro atoms. The van der Waals surface area contributed by atoms with E-state index in [9.17, 15) is 4.79 Å². The molecule has 1 N–H and O–H groups in total. The number of benzene rings is 1. The molecule has 0 amide bonds. The maximum absolute atomic E-state index is 10.9. The minimum Gasteiger partial charge on any atom is -0.298 e. The van der Waals surface area contributed by atoms with E-state index < -0.39 is 0 Å². The van der Waals surface area contributed by atoms with E-state index in [1.165, 1.54) is 6.20 Å². The Morgan fingerprint density at radius 1 is 0.895 bits per heavy atom. The number of rotatable bonds is 3. The number of nitrogens with one attached hydrogen (secondary N) is 1. The highest BCUT2D eigenvalue weighted by molar-refractivity contribution is 5.85. The molecule has 0 aliphatic carbocycles. The Bertz CT molecular complexity index is 687. The second-order valence-corrected chi connectivity index (χ2v) is 4.13. The second-order valence-electron chi connectivity index (χ2n) is 4.13. The summed E-state index contributed by atoms with van der Waals surface area (Å²) in [5.41, 5.74) is 4.48. The van der Waals surface area contributed by atoms with E-state index in [1.807, 2.05) is 36.4 Å². The predicted octanol–water partition coefficient (Wildman–Crippen LogP) is 2.95. The molecular weight excluding hydrogens is 238 g/mol. The van der Waals surface area contributed by atoms with Crippen LogP contribution in [0.3, 0.4) is 0 Å². The molecule has 3 rings (SSSR count). The van der Waals surface area contributed by atoms with Crippen LogP contribution in [0.2, 0.25) is 0 Å². The van der Waals surface area contributed by atoms with Crippen LogP contribution in [0.4, 0.5) is 0 Å². The van der Waals surface area contributed by atoms with Crippen molar-refractivity contribution in [3.05, 3.63) is 60.6 Å². The Labute approximate surface area is 110 Å². The summed E-state index contributed by atoms with van der Waals surface area (Å²) in [6.07, 6.45) is 5.86. The standard InChI is InChI=1S/C15H11N3O/c19-10-14-9-17-18-15(14)13-3-1-11(2-4-13)12-5-7-16-8-6-12/h1-10H,(H,17,18). The molecule has 0 aliphatic heterocycles. The van der Waals surface area contributed by atoms with Crippen molar-refractivity contribution in [2.75, 3.05) is 0 Å². The third kappa shape index (κ3) is 2.15. The topological polar surface area (TPSA) is 58.6 Å². The highest BCUT2D eigenvalue weighted by Crippen LogP contribution is 2.24. The lowest BCUT2D eigenvalue weighted by Crippen LogP contribution is -1.85. The number of pyridine rings is 1. The average molecular weight is 249 g/mol. The smallest absolute Gasteiger partial charge is 0.153 e. The number of hydrogen-bond acceptors (Lipinski definition) is 3. The summed E-state index contributed by atoms with van der Waals surface area (Å²) in [6.45, 7) is 0. The van der Waals surface area contributed by atoms with Gasteiger partial charge in [0, 0.05) is 18.0 Å². The molecule has 0 radical (unpaired) electrons. The van der Waals surface area contributed by atoms with E-state index in [0.717, 1.165) is 28.7 Å². The van der Waals surface area contributed by atoms with Crippen LogP contribution in [0.25, 0.3) is 22.4 Å². The molecule has 2 heterocycles. The Morgan fingerprint density at radius 2 is 1.53 bits per heavy atom. The molecule has 1 aromatic carbocycles. The van der Waals surface area contributed by atoms with E-state index in [2.05, 4.69) is 15.2 Å². The van der Waals surface area contributed by atoms with Crippen LogP contribution in [0, 0.1) is 0 Å². The molecule has 0 aliphatic rings. The van der Waals surface area contributed by atoms with Crippen molar-refractivity contribution < 1.29 is 4.79 Å². The SMILES string of the molecule is O=Cc1cn[nH]c1-c1ccc(-c2ccncc2)cc1. The molecule has 0 bridgehead atoms. The largest absolute Gasteiger partial charge is 0.298 e. The van der Waals surface area contributed by atoms with E-state index in [1.54, 1.807) is 12.4 Å². The first kappa shape index (κ1) is 11.3. The van der Waals surface area contributed by atoms with E-state index in [4.69, 9.17) is 0 Å². The molecule has 4 nitrogen and oxygen atoms in total. The monoisotopic (exact) mass is 249 g/mol. The van der Waals surface area contributed by atoms with Gasteiger partial charge < -0.3 is 0 Å². The highest BCUT2D eigenvalue weighted by atomic mass is 16.1. The van der Waals surface area contributed by atoms with Crippen molar-refractivity contribution in [3.63, 3.8) is 0 Å². The maximum atomic E-state index is 10.9. The fraction of sp³-hybridized carbons (Fsp3) is 0. The number of aromatic nitrogens is 3. The number of carbonyl (C=O) groups excluding carboxylic acids is 1. The van der Waals surface area contributed by atoms with Crippen LogP contribution < -0.4 is 0 Å². The molecule has 2 aromatic heterocycles. The fourth-order valence-electron chi connectivity index (χ4n) is 1.99. The first-order valence-electron chi connectivity index (χ1n) is 5.88. The maximum Gasteiger partial charge on any atom is 0.153 e. The Kier molecular flexibility index (Phi) is 2.90. The second kappa shape index (κ2) is 4.86. The van der Waals surface area contributed by atoms with Gasteiger partial charge in [0.2, 0.25) is 0 Å². The Morgan fingerprint density at radius 3 is 2.21 bits per heavy atom. The highest BCUT2D eigenvalue weighted by Gasteiger charge is 2.06. The van der Waals surface area contributed by atoms with Gasteiger partial charge in [0.1, 0.15) is 0 Å². The molecule has 0 saturated heterocycles. The molecule has 19 heavy (non-hydrogen) atoms. The number of nitrogens with zero attached hydrogens (tertiary/aromatic N) is 2. The lowest BCUT2D eigenvalue weighted by atomic mass is 10.0. The number of carbonyl (C=O) groups is 1. The third-order valence-corrected chi connectivity index (χ3v) is 2.98. The zero-order valence-corrected chi connectivity index (χ0v) is 10.1. The van der Waals surface area contributed by atoms with E-state index >= 15 is 0 Å². The van der Waals surface area contributed by atoms with E-state index in [-0.39, 0.29) is 0 Å². The number of H-pyrrole nitrogens is 1. The minimum absolute atomic E-state index is 0.566. The lowest BCUT2D eigenvalue weighted by molar-refractivity contribution is 0.112. The first-order chi connectivity index (χ1) is 9.38. The summed E-state index contributed by atoms with van der Waals surface area (Å²) in [5.74, 6) is 0. The Balaban J connectivity index is 1.98. The van der Waals surface area contributed by atoms with Crippen LogP contribution in [-0.4, -0.2) is 21.5 Å². The van der Waals surface area contributed by atoms with Crippen molar-refractivity contribution in [1.29, 1.82) is 0 Å². The van der Waals surface area contributed by atoms with Gasteiger partial charge in [-0.15, -0.1) is 0 Å². The van der Waals surface area contributed by atoms with Crippen LogP contribution >= 0.6 is 0 Å². The van der Waals surface area contributed by atoms with Gasteiger partial charge in [-0.1, -0.05) is 24.3 Å². The molecular formula is C15H11N3O.